The molecule has 5 nitrogen and oxygen atoms in total. The number of nitrogen functional groups attached to an aromatic ring is 1. The summed E-state index contributed by atoms with van der Waals surface area (Å²) in [7, 11) is 0. The number of amides is 1. The summed E-state index contributed by atoms with van der Waals surface area (Å²) in [5, 5.41) is 2.83. The zero-order valence-electron chi connectivity index (χ0n) is 9.36. The molecular weight excluding hydrogens is 204 g/mol. The number of nitrogens with two attached hydrogens (primary N) is 1. The van der Waals surface area contributed by atoms with Crippen LogP contribution in [0.15, 0.2) is 12.1 Å². The lowest BCUT2D eigenvalue weighted by Gasteiger charge is -2.22. The molecule has 1 aliphatic heterocycles. The highest BCUT2D eigenvalue weighted by Crippen LogP contribution is 2.21. The lowest BCUT2D eigenvalue weighted by Crippen LogP contribution is -2.29. The third-order valence-corrected chi connectivity index (χ3v) is 2.66. The fourth-order valence-electron chi connectivity index (χ4n) is 1.79. The molecule has 2 heterocycles. The Labute approximate surface area is 94.6 Å². The van der Waals surface area contributed by atoms with Gasteiger partial charge in [-0.3, -0.25) is 4.79 Å². The molecule has 1 saturated heterocycles. The zero-order valence-corrected chi connectivity index (χ0v) is 9.36. The van der Waals surface area contributed by atoms with Gasteiger partial charge in [0.25, 0.3) is 0 Å². The van der Waals surface area contributed by atoms with Crippen LogP contribution in [0.25, 0.3) is 0 Å². The summed E-state index contributed by atoms with van der Waals surface area (Å²) >= 11 is 0. The van der Waals surface area contributed by atoms with Gasteiger partial charge in [0.15, 0.2) is 5.82 Å². The molecule has 1 aliphatic rings. The summed E-state index contributed by atoms with van der Waals surface area (Å²) in [4.78, 5) is 17.7. The van der Waals surface area contributed by atoms with Crippen LogP contribution in [-0.2, 0) is 4.79 Å². The molecule has 1 fully saturated rings. The van der Waals surface area contributed by atoms with Crippen LogP contribution in [0.2, 0.25) is 0 Å². The largest absolute Gasteiger partial charge is 0.396 e. The highest BCUT2D eigenvalue weighted by molar-refractivity contribution is 5.77. The summed E-state index contributed by atoms with van der Waals surface area (Å²) in [5.41, 5.74) is 7.50. The van der Waals surface area contributed by atoms with E-state index < -0.39 is 0 Å². The summed E-state index contributed by atoms with van der Waals surface area (Å²) in [6.07, 6.45) is 0.495. The van der Waals surface area contributed by atoms with Crippen molar-refractivity contribution < 1.29 is 4.79 Å². The SMILES string of the molecule is Cc1ccc(N)c(N2CCNC(=O)CC2)n1. The minimum atomic E-state index is 0.0914. The van der Waals surface area contributed by atoms with Crippen LogP contribution in [0.5, 0.6) is 0 Å². The number of carbonyl (C=O) groups excluding carboxylic acids is 1. The van der Waals surface area contributed by atoms with Crippen molar-refractivity contribution >= 4 is 17.4 Å². The van der Waals surface area contributed by atoms with Crippen LogP contribution in [0, 0.1) is 6.92 Å². The molecule has 0 bridgehead atoms. The number of rotatable bonds is 1. The van der Waals surface area contributed by atoms with E-state index in [4.69, 9.17) is 5.73 Å². The summed E-state index contributed by atoms with van der Waals surface area (Å²) in [6.45, 7) is 4.01. The normalized spacial score (nSPS) is 16.8. The Hall–Kier alpha value is -1.78. The molecule has 0 spiro atoms. The van der Waals surface area contributed by atoms with E-state index >= 15 is 0 Å². The number of carbonyl (C=O) groups is 1. The summed E-state index contributed by atoms with van der Waals surface area (Å²) in [6, 6.07) is 3.75. The molecule has 0 radical (unpaired) electrons. The van der Waals surface area contributed by atoms with Gasteiger partial charge in [0.2, 0.25) is 5.91 Å². The molecule has 0 unspecified atom stereocenters. The van der Waals surface area contributed by atoms with E-state index in [-0.39, 0.29) is 5.91 Å². The zero-order chi connectivity index (χ0) is 11.5. The molecule has 0 saturated carbocycles. The van der Waals surface area contributed by atoms with E-state index in [1.165, 1.54) is 0 Å². The molecule has 1 amide bonds. The van der Waals surface area contributed by atoms with Crippen LogP contribution in [0.4, 0.5) is 11.5 Å². The van der Waals surface area contributed by atoms with Crippen molar-refractivity contribution in [3.63, 3.8) is 0 Å². The van der Waals surface area contributed by atoms with Crippen molar-refractivity contribution in [2.75, 3.05) is 30.3 Å². The Balaban J connectivity index is 2.22. The van der Waals surface area contributed by atoms with Gasteiger partial charge in [-0.25, -0.2) is 4.98 Å². The first-order valence-electron chi connectivity index (χ1n) is 5.41. The Morgan fingerprint density at radius 1 is 1.44 bits per heavy atom. The highest BCUT2D eigenvalue weighted by Gasteiger charge is 2.16. The minimum Gasteiger partial charge on any atom is -0.396 e. The third kappa shape index (κ3) is 2.24. The van der Waals surface area contributed by atoms with E-state index in [0.29, 0.717) is 25.2 Å². The van der Waals surface area contributed by atoms with Crippen LogP contribution in [0.1, 0.15) is 12.1 Å². The smallest absolute Gasteiger partial charge is 0.221 e. The monoisotopic (exact) mass is 220 g/mol. The van der Waals surface area contributed by atoms with Crippen molar-refractivity contribution in [3.05, 3.63) is 17.8 Å². The summed E-state index contributed by atoms with van der Waals surface area (Å²) < 4.78 is 0. The van der Waals surface area contributed by atoms with Crippen LogP contribution >= 0.6 is 0 Å². The van der Waals surface area contributed by atoms with Gasteiger partial charge in [0.1, 0.15) is 0 Å². The topological polar surface area (TPSA) is 71.2 Å². The predicted octanol–water partition coefficient (Wildman–Crippen LogP) is 0.299. The summed E-state index contributed by atoms with van der Waals surface area (Å²) in [5.74, 6) is 0.880. The second-order valence-corrected chi connectivity index (χ2v) is 3.95. The maximum atomic E-state index is 11.2. The lowest BCUT2D eigenvalue weighted by molar-refractivity contribution is -0.120. The van der Waals surface area contributed by atoms with Crippen LogP contribution < -0.4 is 16.0 Å². The second kappa shape index (κ2) is 4.38. The van der Waals surface area contributed by atoms with Crippen molar-refractivity contribution in [2.45, 2.75) is 13.3 Å². The standard InChI is InChI=1S/C11H16N4O/c1-8-2-3-9(12)11(14-8)15-6-4-10(16)13-5-7-15/h2-3H,4-7,12H2,1H3,(H,13,16). The molecule has 86 valence electrons. The lowest BCUT2D eigenvalue weighted by atomic mass is 10.3. The van der Waals surface area contributed by atoms with Crippen molar-refractivity contribution in [3.8, 4) is 0 Å². The van der Waals surface area contributed by atoms with Gasteiger partial charge in [-0.15, -0.1) is 0 Å². The van der Waals surface area contributed by atoms with E-state index in [2.05, 4.69) is 15.2 Å². The van der Waals surface area contributed by atoms with E-state index in [0.717, 1.165) is 18.1 Å². The minimum absolute atomic E-state index is 0.0914. The van der Waals surface area contributed by atoms with Crippen LogP contribution in [-0.4, -0.2) is 30.5 Å². The highest BCUT2D eigenvalue weighted by atomic mass is 16.1. The van der Waals surface area contributed by atoms with E-state index in [1.54, 1.807) is 0 Å². The number of hydrogen-bond donors (Lipinski definition) is 2. The fraction of sp³-hybridized carbons (Fsp3) is 0.455. The van der Waals surface area contributed by atoms with Gasteiger partial charge in [-0.2, -0.15) is 0 Å². The maximum absolute atomic E-state index is 11.2. The molecule has 5 heteroatoms. The number of pyridine rings is 1. The third-order valence-electron chi connectivity index (χ3n) is 2.66. The first-order chi connectivity index (χ1) is 7.66. The van der Waals surface area contributed by atoms with Gasteiger partial charge >= 0.3 is 0 Å². The average Bonchev–Trinajstić information content (AvgIpc) is 2.47. The van der Waals surface area contributed by atoms with E-state index in [1.807, 2.05) is 19.1 Å². The maximum Gasteiger partial charge on any atom is 0.221 e. The van der Waals surface area contributed by atoms with E-state index in [9.17, 15) is 4.79 Å². The van der Waals surface area contributed by atoms with Gasteiger partial charge in [0.05, 0.1) is 5.69 Å². The first kappa shape index (κ1) is 10.7. The molecule has 3 N–H and O–H groups in total. The number of hydrogen-bond acceptors (Lipinski definition) is 4. The Morgan fingerprint density at radius 3 is 3.06 bits per heavy atom. The van der Waals surface area contributed by atoms with Gasteiger partial charge in [0, 0.05) is 31.7 Å². The first-order valence-corrected chi connectivity index (χ1v) is 5.41. The fourth-order valence-corrected chi connectivity index (χ4v) is 1.79. The molecule has 2 rings (SSSR count). The number of nitrogens with one attached hydrogen (secondary N) is 1. The van der Waals surface area contributed by atoms with Gasteiger partial charge in [-0.05, 0) is 19.1 Å². The predicted molar refractivity (Wildman–Crippen MR) is 63.2 cm³/mol. The van der Waals surface area contributed by atoms with Gasteiger partial charge in [-0.1, -0.05) is 0 Å². The molecule has 16 heavy (non-hydrogen) atoms. The number of anilines is 2. The van der Waals surface area contributed by atoms with Crippen molar-refractivity contribution in [1.29, 1.82) is 0 Å². The van der Waals surface area contributed by atoms with Crippen LogP contribution in [0.3, 0.4) is 0 Å². The van der Waals surface area contributed by atoms with Crippen molar-refractivity contribution in [1.82, 2.24) is 10.3 Å². The average molecular weight is 220 g/mol. The molecule has 0 atom stereocenters. The second-order valence-electron chi connectivity index (χ2n) is 3.95. The Morgan fingerprint density at radius 2 is 2.25 bits per heavy atom. The molecule has 0 aromatic carbocycles. The number of aryl methyl sites for hydroxylation is 1. The molecule has 1 aromatic rings. The molecular formula is C11H16N4O. The Bertz CT molecular complexity index is 405. The number of nitrogens with zero attached hydrogens (tertiary/aromatic N) is 2. The quantitative estimate of drug-likeness (QED) is 0.714. The molecule has 1 aromatic heterocycles. The Kier molecular flexibility index (Phi) is 2.94. The number of aromatic nitrogens is 1. The van der Waals surface area contributed by atoms with Gasteiger partial charge < -0.3 is 16.0 Å². The molecule has 0 aliphatic carbocycles. The van der Waals surface area contributed by atoms with Crippen molar-refractivity contribution in [2.24, 2.45) is 0 Å².